The summed E-state index contributed by atoms with van der Waals surface area (Å²) in [5.41, 5.74) is 2.16. The Morgan fingerprint density at radius 1 is 1.15 bits per heavy atom. The number of Topliss-reactive ketones (excluding diaryl/α,β-unsaturated/α-hetero) is 1. The molecule has 0 radical (unpaired) electrons. The molecule has 1 aliphatic carbocycles. The van der Waals surface area contributed by atoms with Crippen molar-refractivity contribution in [3.05, 3.63) is 71.0 Å². The van der Waals surface area contributed by atoms with Gasteiger partial charge in [0.1, 0.15) is 5.82 Å². The van der Waals surface area contributed by atoms with Crippen LogP contribution in [-0.2, 0) is 4.79 Å². The fourth-order valence-corrected chi connectivity index (χ4v) is 4.08. The van der Waals surface area contributed by atoms with E-state index in [4.69, 9.17) is 0 Å². The first-order chi connectivity index (χ1) is 12.6. The van der Waals surface area contributed by atoms with Gasteiger partial charge in [0.05, 0.1) is 5.92 Å². The minimum Gasteiger partial charge on any atom is -0.352 e. The van der Waals surface area contributed by atoms with E-state index in [1.165, 1.54) is 23.8 Å². The van der Waals surface area contributed by atoms with E-state index in [1.807, 2.05) is 18.2 Å². The molecule has 0 spiro atoms. The lowest BCUT2D eigenvalue weighted by molar-refractivity contribution is -0.123. The summed E-state index contributed by atoms with van der Waals surface area (Å²) in [6.45, 7) is 1.63. The highest BCUT2D eigenvalue weighted by Gasteiger charge is 2.37. The molecule has 0 saturated carbocycles. The van der Waals surface area contributed by atoms with Gasteiger partial charge >= 0.3 is 0 Å². The van der Waals surface area contributed by atoms with Gasteiger partial charge in [0.15, 0.2) is 5.78 Å². The Labute approximate surface area is 151 Å². The van der Waals surface area contributed by atoms with Gasteiger partial charge in [-0.15, -0.1) is 0 Å². The molecule has 3 atom stereocenters. The van der Waals surface area contributed by atoms with Crippen LogP contribution in [0.15, 0.2) is 48.5 Å². The molecule has 4 nitrogen and oxygen atoms in total. The summed E-state index contributed by atoms with van der Waals surface area (Å²) >= 11 is 0. The van der Waals surface area contributed by atoms with Crippen molar-refractivity contribution in [3.63, 3.8) is 0 Å². The standard InChI is InChI=1S/C21H21FN2O2/c22-14-6-7-15-16(10-14)17(11-20(15)25)21(26)24-19-8-9-23-12-18(19)13-4-2-1-3-5-13/h1-7,10,17-19,23H,8-9,11-12H2,(H,24,26). The third kappa shape index (κ3) is 3.15. The summed E-state index contributed by atoms with van der Waals surface area (Å²) in [5, 5.41) is 6.52. The summed E-state index contributed by atoms with van der Waals surface area (Å²) in [7, 11) is 0. The predicted molar refractivity (Wildman–Crippen MR) is 96.7 cm³/mol. The summed E-state index contributed by atoms with van der Waals surface area (Å²) in [6.07, 6.45) is 0.938. The Kier molecular flexibility index (Phi) is 4.55. The van der Waals surface area contributed by atoms with Crippen molar-refractivity contribution in [2.75, 3.05) is 13.1 Å². The van der Waals surface area contributed by atoms with Gasteiger partial charge in [-0.3, -0.25) is 9.59 Å². The molecule has 1 aliphatic heterocycles. The number of ketones is 1. The van der Waals surface area contributed by atoms with Crippen molar-refractivity contribution in [2.24, 2.45) is 0 Å². The maximum atomic E-state index is 13.6. The molecule has 0 bridgehead atoms. The molecule has 1 heterocycles. The summed E-state index contributed by atoms with van der Waals surface area (Å²) in [4.78, 5) is 25.1. The number of halogens is 1. The number of benzene rings is 2. The lowest BCUT2D eigenvalue weighted by atomic mass is 9.86. The lowest BCUT2D eigenvalue weighted by Crippen LogP contribution is -2.49. The molecule has 2 N–H and O–H groups in total. The molecule has 2 aromatic rings. The molecule has 1 saturated heterocycles. The van der Waals surface area contributed by atoms with Crippen LogP contribution in [0, 0.1) is 5.82 Å². The van der Waals surface area contributed by atoms with Gasteiger partial charge in [0.2, 0.25) is 5.91 Å². The second-order valence-corrected chi connectivity index (χ2v) is 7.04. The molecular formula is C21H21FN2O2. The zero-order chi connectivity index (χ0) is 18.1. The van der Waals surface area contributed by atoms with Crippen LogP contribution in [0.25, 0.3) is 0 Å². The van der Waals surface area contributed by atoms with Crippen LogP contribution in [0.2, 0.25) is 0 Å². The molecule has 1 fully saturated rings. The van der Waals surface area contributed by atoms with E-state index < -0.39 is 11.7 Å². The Morgan fingerprint density at radius 2 is 1.96 bits per heavy atom. The van der Waals surface area contributed by atoms with Crippen LogP contribution < -0.4 is 10.6 Å². The highest BCUT2D eigenvalue weighted by molar-refractivity contribution is 6.06. The van der Waals surface area contributed by atoms with Crippen molar-refractivity contribution in [3.8, 4) is 0 Å². The number of piperidine rings is 1. The van der Waals surface area contributed by atoms with E-state index in [0.29, 0.717) is 11.1 Å². The Morgan fingerprint density at radius 3 is 2.77 bits per heavy atom. The van der Waals surface area contributed by atoms with Gasteiger partial charge in [-0.05, 0) is 42.3 Å². The summed E-state index contributed by atoms with van der Waals surface area (Å²) < 4.78 is 13.6. The van der Waals surface area contributed by atoms with Crippen LogP contribution >= 0.6 is 0 Å². The van der Waals surface area contributed by atoms with Crippen LogP contribution in [0.5, 0.6) is 0 Å². The number of hydrogen-bond donors (Lipinski definition) is 2. The third-order valence-corrected chi connectivity index (χ3v) is 5.43. The minimum absolute atomic E-state index is 0.00105. The van der Waals surface area contributed by atoms with Crippen molar-refractivity contribution in [1.82, 2.24) is 10.6 Å². The molecule has 2 aromatic carbocycles. The van der Waals surface area contributed by atoms with Gasteiger partial charge in [-0.25, -0.2) is 4.39 Å². The Balaban J connectivity index is 1.54. The van der Waals surface area contributed by atoms with Gasteiger partial charge < -0.3 is 10.6 Å². The van der Waals surface area contributed by atoms with Crippen LogP contribution in [-0.4, -0.2) is 30.8 Å². The van der Waals surface area contributed by atoms with Gasteiger partial charge in [-0.1, -0.05) is 30.3 Å². The number of nitrogens with one attached hydrogen (secondary N) is 2. The summed E-state index contributed by atoms with van der Waals surface area (Å²) in [6, 6.07) is 14.2. The lowest BCUT2D eigenvalue weighted by Gasteiger charge is -2.34. The molecule has 0 aromatic heterocycles. The van der Waals surface area contributed by atoms with Crippen molar-refractivity contribution in [2.45, 2.75) is 30.7 Å². The topological polar surface area (TPSA) is 58.2 Å². The summed E-state index contributed by atoms with van der Waals surface area (Å²) in [5.74, 6) is -1.11. The van der Waals surface area contributed by atoms with Crippen LogP contribution in [0.3, 0.4) is 0 Å². The SMILES string of the molecule is O=C1CC(C(=O)NC2CCNCC2c2ccccc2)c2cc(F)ccc21. The van der Waals surface area contributed by atoms with Gasteiger partial charge in [-0.2, -0.15) is 0 Å². The largest absolute Gasteiger partial charge is 0.352 e. The van der Waals surface area contributed by atoms with E-state index >= 15 is 0 Å². The molecule has 26 heavy (non-hydrogen) atoms. The van der Waals surface area contributed by atoms with Gasteiger partial charge in [0.25, 0.3) is 0 Å². The third-order valence-electron chi connectivity index (χ3n) is 5.43. The molecular weight excluding hydrogens is 331 g/mol. The monoisotopic (exact) mass is 352 g/mol. The molecule has 1 amide bonds. The zero-order valence-corrected chi connectivity index (χ0v) is 14.4. The average Bonchev–Trinajstić information content (AvgIpc) is 2.99. The number of rotatable bonds is 3. The molecule has 134 valence electrons. The highest BCUT2D eigenvalue weighted by Crippen LogP contribution is 2.34. The molecule has 3 unspecified atom stereocenters. The smallest absolute Gasteiger partial charge is 0.228 e. The van der Waals surface area contributed by atoms with E-state index in [1.54, 1.807) is 0 Å². The number of fused-ring (bicyclic) bond motifs is 1. The fourth-order valence-electron chi connectivity index (χ4n) is 4.08. The second-order valence-electron chi connectivity index (χ2n) is 7.04. The fraction of sp³-hybridized carbons (Fsp3) is 0.333. The van der Waals surface area contributed by atoms with E-state index in [-0.39, 0.29) is 30.1 Å². The first kappa shape index (κ1) is 16.9. The zero-order valence-electron chi connectivity index (χ0n) is 14.4. The maximum absolute atomic E-state index is 13.6. The molecule has 2 aliphatic rings. The first-order valence-electron chi connectivity index (χ1n) is 9.02. The molecule has 4 rings (SSSR count). The Hall–Kier alpha value is -2.53. The number of amides is 1. The van der Waals surface area contributed by atoms with Crippen molar-refractivity contribution in [1.29, 1.82) is 0 Å². The first-order valence-corrected chi connectivity index (χ1v) is 9.02. The highest BCUT2D eigenvalue weighted by atomic mass is 19.1. The predicted octanol–water partition coefficient (Wildman–Crippen LogP) is 2.76. The maximum Gasteiger partial charge on any atom is 0.228 e. The number of carbonyl (C=O) groups excluding carboxylic acids is 2. The van der Waals surface area contributed by atoms with E-state index in [9.17, 15) is 14.0 Å². The van der Waals surface area contributed by atoms with Crippen LogP contribution in [0.4, 0.5) is 4.39 Å². The van der Waals surface area contributed by atoms with Gasteiger partial charge in [0, 0.05) is 30.5 Å². The Bertz CT molecular complexity index is 837. The minimum atomic E-state index is -0.598. The van der Waals surface area contributed by atoms with E-state index in [2.05, 4.69) is 22.8 Å². The average molecular weight is 352 g/mol. The second kappa shape index (κ2) is 7.00. The van der Waals surface area contributed by atoms with E-state index in [0.717, 1.165) is 19.5 Å². The van der Waals surface area contributed by atoms with Crippen molar-refractivity contribution >= 4 is 11.7 Å². The normalized spacial score (nSPS) is 25.0. The number of hydrogen-bond acceptors (Lipinski definition) is 3. The number of carbonyl (C=O) groups is 2. The van der Waals surface area contributed by atoms with Crippen LogP contribution in [0.1, 0.15) is 46.2 Å². The van der Waals surface area contributed by atoms with Crippen molar-refractivity contribution < 1.29 is 14.0 Å². The molecule has 5 heteroatoms. The quantitative estimate of drug-likeness (QED) is 0.893.